The lowest BCUT2D eigenvalue weighted by Crippen LogP contribution is -2.10. The first-order valence-corrected chi connectivity index (χ1v) is 9.03. The maximum Gasteiger partial charge on any atom is 0.362 e. The van der Waals surface area contributed by atoms with E-state index in [2.05, 4.69) is 38.3 Å². The number of nitrogens with one attached hydrogen (secondary N) is 1. The zero-order valence-electron chi connectivity index (χ0n) is 14.0. The van der Waals surface area contributed by atoms with Crippen molar-refractivity contribution in [1.82, 2.24) is 0 Å². The lowest BCUT2D eigenvalue weighted by atomic mass is 10.2. The lowest BCUT2D eigenvalue weighted by molar-refractivity contribution is 0.0596. The largest absolute Gasteiger partial charge is 0.362 e. The Kier molecular flexibility index (Phi) is 6.26. The van der Waals surface area contributed by atoms with Gasteiger partial charge in [-0.3, -0.25) is 4.79 Å². The molecule has 134 valence electrons. The molecule has 6 nitrogen and oxygen atoms in total. The summed E-state index contributed by atoms with van der Waals surface area (Å²) in [6.45, 7) is 0. The Hall–Kier alpha value is -3.07. The molecule has 3 rings (SSSR count). The van der Waals surface area contributed by atoms with Gasteiger partial charge in [0, 0.05) is 9.13 Å². The summed E-state index contributed by atoms with van der Waals surface area (Å²) in [6.07, 6.45) is 0. The van der Waals surface area contributed by atoms with Gasteiger partial charge in [0.1, 0.15) is 0 Å². The van der Waals surface area contributed by atoms with Crippen LogP contribution < -0.4 is 5.48 Å². The van der Waals surface area contributed by atoms with Crippen LogP contribution in [0, 0.1) is 3.57 Å². The average molecular weight is 471 g/mol. The number of carbonyl (C=O) groups is 2. The van der Waals surface area contributed by atoms with Crippen LogP contribution in [0.3, 0.4) is 0 Å². The molecule has 0 radical (unpaired) electrons. The number of azo groups is 1. The van der Waals surface area contributed by atoms with E-state index in [0.29, 0.717) is 22.5 Å². The van der Waals surface area contributed by atoms with E-state index in [-0.39, 0.29) is 0 Å². The van der Waals surface area contributed by atoms with Crippen LogP contribution in [0.4, 0.5) is 11.4 Å². The van der Waals surface area contributed by atoms with E-state index in [4.69, 9.17) is 4.84 Å². The molecule has 3 aromatic carbocycles. The molecule has 0 atom stereocenters. The number of anilines is 1. The van der Waals surface area contributed by atoms with Gasteiger partial charge >= 0.3 is 5.97 Å². The third-order valence-electron chi connectivity index (χ3n) is 3.49. The molecule has 0 fully saturated rings. The highest BCUT2D eigenvalue weighted by molar-refractivity contribution is 14.1. The lowest BCUT2D eigenvalue weighted by Gasteiger charge is -2.07. The summed E-state index contributed by atoms with van der Waals surface area (Å²) >= 11 is 2.16. The average Bonchev–Trinajstić information content (AvgIpc) is 2.72. The third kappa shape index (κ3) is 5.45. The van der Waals surface area contributed by atoms with E-state index >= 15 is 0 Å². The number of nitrogens with zero attached hydrogens (tertiary/aromatic N) is 2. The molecule has 1 N–H and O–H groups in total. The van der Waals surface area contributed by atoms with Crippen molar-refractivity contribution in [2.24, 2.45) is 10.2 Å². The minimum absolute atomic E-state index is 0.413. The normalized spacial score (nSPS) is 10.6. The molecule has 0 unspecified atom stereocenters. The topological polar surface area (TPSA) is 80.1 Å². The third-order valence-corrected chi connectivity index (χ3v) is 4.21. The summed E-state index contributed by atoms with van der Waals surface area (Å²) in [6, 6.07) is 22.4. The van der Waals surface area contributed by atoms with Crippen LogP contribution in [0.25, 0.3) is 0 Å². The zero-order valence-corrected chi connectivity index (χ0v) is 16.2. The van der Waals surface area contributed by atoms with Gasteiger partial charge in [0.15, 0.2) is 0 Å². The number of halogens is 1. The van der Waals surface area contributed by atoms with Gasteiger partial charge in [0.05, 0.1) is 16.9 Å². The summed E-state index contributed by atoms with van der Waals surface area (Å²) in [4.78, 5) is 28.9. The van der Waals surface area contributed by atoms with E-state index in [9.17, 15) is 9.59 Å². The highest BCUT2D eigenvalue weighted by atomic mass is 127. The smallest absolute Gasteiger partial charge is 0.338 e. The first kappa shape index (κ1) is 18.7. The Morgan fingerprint density at radius 2 is 1.48 bits per heavy atom. The van der Waals surface area contributed by atoms with Gasteiger partial charge in [-0.15, -0.1) is 10.2 Å². The second-order valence-electron chi connectivity index (χ2n) is 5.42. The number of carbonyl (C=O) groups excluding carboxylic acids is 2. The van der Waals surface area contributed by atoms with Gasteiger partial charge in [0.2, 0.25) is 0 Å². The molecule has 0 saturated carbocycles. The van der Waals surface area contributed by atoms with Crippen molar-refractivity contribution < 1.29 is 14.4 Å². The Labute approximate surface area is 169 Å². The Morgan fingerprint density at radius 1 is 0.815 bits per heavy atom. The van der Waals surface area contributed by atoms with Crippen molar-refractivity contribution in [3.8, 4) is 0 Å². The molecule has 0 bridgehead atoms. The van der Waals surface area contributed by atoms with Crippen molar-refractivity contribution in [2.75, 3.05) is 5.48 Å². The van der Waals surface area contributed by atoms with Crippen LogP contribution in [-0.2, 0) is 4.84 Å². The number of rotatable bonds is 5. The van der Waals surface area contributed by atoms with Gasteiger partial charge < -0.3 is 4.84 Å². The monoisotopic (exact) mass is 471 g/mol. The summed E-state index contributed by atoms with van der Waals surface area (Å²) < 4.78 is 1.03. The minimum Gasteiger partial charge on any atom is -0.338 e. The number of hydrogen-bond donors (Lipinski definition) is 1. The Balaban J connectivity index is 1.55. The molecule has 0 spiro atoms. The van der Waals surface area contributed by atoms with Gasteiger partial charge in [0.25, 0.3) is 5.91 Å². The summed E-state index contributed by atoms with van der Waals surface area (Å²) in [5.41, 5.74) is 4.59. The van der Waals surface area contributed by atoms with Crippen molar-refractivity contribution >= 4 is 45.8 Å². The zero-order chi connectivity index (χ0) is 19.1. The summed E-state index contributed by atoms with van der Waals surface area (Å²) in [5.74, 6) is -0.895. The van der Waals surface area contributed by atoms with Crippen molar-refractivity contribution in [2.45, 2.75) is 0 Å². The van der Waals surface area contributed by atoms with Crippen molar-refractivity contribution in [1.29, 1.82) is 0 Å². The molecule has 0 saturated heterocycles. The van der Waals surface area contributed by atoms with Crippen LogP contribution in [0.1, 0.15) is 20.7 Å². The van der Waals surface area contributed by atoms with Crippen LogP contribution in [0.2, 0.25) is 0 Å². The fraction of sp³-hybridized carbons (Fsp3) is 0. The van der Waals surface area contributed by atoms with E-state index in [0.717, 1.165) is 3.57 Å². The minimum atomic E-state index is -0.483. The summed E-state index contributed by atoms with van der Waals surface area (Å²) in [5, 5.41) is 7.61. The number of hydrogen-bond acceptors (Lipinski definition) is 5. The number of benzene rings is 3. The molecule has 7 heteroatoms. The maximum absolute atomic E-state index is 12.0. The Morgan fingerprint density at radius 3 is 2.15 bits per heavy atom. The van der Waals surface area contributed by atoms with E-state index in [1.165, 1.54) is 0 Å². The van der Waals surface area contributed by atoms with Gasteiger partial charge in [-0.1, -0.05) is 18.2 Å². The van der Waals surface area contributed by atoms with E-state index in [1.807, 2.05) is 18.2 Å². The van der Waals surface area contributed by atoms with Crippen LogP contribution in [0.5, 0.6) is 0 Å². The van der Waals surface area contributed by atoms with E-state index < -0.39 is 11.9 Å². The predicted octanol–water partition coefficient (Wildman–Crippen LogP) is 5.40. The number of amides is 1. The molecule has 0 aromatic heterocycles. The quantitative estimate of drug-likeness (QED) is 0.307. The van der Waals surface area contributed by atoms with Crippen molar-refractivity contribution in [3.63, 3.8) is 0 Å². The molecule has 0 aliphatic heterocycles. The predicted molar refractivity (Wildman–Crippen MR) is 110 cm³/mol. The van der Waals surface area contributed by atoms with Crippen LogP contribution in [-0.4, -0.2) is 11.9 Å². The fourth-order valence-electron chi connectivity index (χ4n) is 2.09. The molecule has 3 aromatic rings. The molecule has 0 aliphatic carbocycles. The van der Waals surface area contributed by atoms with E-state index in [1.54, 1.807) is 60.7 Å². The highest BCUT2D eigenvalue weighted by Crippen LogP contribution is 2.18. The molecular weight excluding hydrogens is 457 g/mol. The second kappa shape index (κ2) is 9.04. The first-order valence-electron chi connectivity index (χ1n) is 7.96. The van der Waals surface area contributed by atoms with Crippen molar-refractivity contribution in [3.05, 3.63) is 93.6 Å². The first-order chi connectivity index (χ1) is 13.1. The van der Waals surface area contributed by atoms with Gasteiger partial charge in [-0.25, -0.2) is 10.3 Å². The highest BCUT2D eigenvalue weighted by Gasteiger charge is 2.07. The molecule has 27 heavy (non-hydrogen) atoms. The standard InChI is InChI=1S/C20H14IN3O3/c21-16-8-6-15(7-9-16)20(26)27-24-18-12-10-17(11-13-18)22-23-19(25)14-4-2-1-3-5-14/h1-13,24H. The molecular formula is C20H14IN3O3. The van der Waals surface area contributed by atoms with Gasteiger partial charge in [-0.05, 0) is 83.3 Å². The van der Waals surface area contributed by atoms with Gasteiger partial charge in [-0.2, -0.15) is 0 Å². The SMILES string of the molecule is O=C(N=Nc1ccc(NOC(=O)c2ccc(I)cc2)cc1)c1ccccc1. The molecule has 0 aliphatic rings. The van der Waals surface area contributed by atoms with Crippen LogP contribution >= 0.6 is 22.6 Å². The molecule has 1 amide bonds. The summed E-state index contributed by atoms with van der Waals surface area (Å²) in [7, 11) is 0. The Bertz CT molecular complexity index is 956. The second-order valence-corrected chi connectivity index (χ2v) is 6.66. The maximum atomic E-state index is 12.0. The fourth-order valence-corrected chi connectivity index (χ4v) is 2.45. The van der Waals surface area contributed by atoms with Crippen LogP contribution in [0.15, 0.2) is 89.1 Å². The molecule has 0 heterocycles.